The van der Waals surface area contributed by atoms with Gasteiger partial charge in [0.05, 0.1) is 20.8 Å². The predicted octanol–water partition coefficient (Wildman–Crippen LogP) is 2.46. The molecule has 0 bridgehead atoms. The zero-order valence-electron chi connectivity index (χ0n) is 12.5. The summed E-state index contributed by atoms with van der Waals surface area (Å²) in [7, 11) is 5.02. The van der Waals surface area contributed by atoms with E-state index in [2.05, 4.69) is 19.2 Å². The smallest absolute Gasteiger partial charge is 0.161 e. The molecule has 1 aromatic carbocycles. The first-order valence-electron chi connectivity index (χ1n) is 6.55. The van der Waals surface area contributed by atoms with Crippen molar-refractivity contribution in [2.45, 2.75) is 26.4 Å². The fourth-order valence-corrected chi connectivity index (χ4v) is 1.91. The van der Waals surface area contributed by atoms with E-state index >= 15 is 0 Å². The summed E-state index contributed by atoms with van der Waals surface area (Å²) >= 11 is 0. The molecule has 1 unspecified atom stereocenters. The van der Waals surface area contributed by atoms with Crippen LogP contribution in [0.3, 0.4) is 0 Å². The number of hydrogen-bond acceptors (Lipinski definition) is 4. The fourth-order valence-electron chi connectivity index (χ4n) is 1.91. The van der Waals surface area contributed by atoms with Crippen LogP contribution >= 0.6 is 0 Å². The van der Waals surface area contributed by atoms with Crippen molar-refractivity contribution in [3.63, 3.8) is 0 Å². The van der Waals surface area contributed by atoms with Gasteiger partial charge in [-0.25, -0.2) is 0 Å². The zero-order valence-corrected chi connectivity index (χ0v) is 12.5. The van der Waals surface area contributed by atoms with E-state index in [0.29, 0.717) is 18.6 Å². The molecule has 4 heteroatoms. The van der Waals surface area contributed by atoms with Crippen molar-refractivity contribution in [3.8, 4) is 11.5 Å². The Balaban J connectivity index is 2.66. The molecule has 19 heavy (non-hydrogen) atoms. The van der Waals surface area contributed by atoms with E-state index in [1.165, 1.54) is 5.56 Å². The molecule has 0 aromatic heterocycles. The maximum absolute atomic E-state index is 5.30. The Morgan fingerprint density at radius 2 is 1.74 bits per heavy atom. The normalized spacial score (nSPS) is 12.5. The van der Waals surface area contributed by atoms with E-state index < -0.39 is 0 Å². The van der Waals surface area contributed by atoms with Gasteiger partial charge >= 0.3 is 0 Å². The topological polar surface area (TPSA) is 39.7 Å². The molecule has 0 amide bonds. The largest absolute Gasteiger partial charge is 0.493 e. The molecule has 1 aromatic rings. The summed E-state index contributed by atoms with van der Waals surface area (Å²) in [5.74, 6) is 2.04. The summed E-state index contributed by atoms with van der Waals surface area (Å²) in [6, 6.07) is 6.31. The maximum Gasteiger partial charge on any atom is 0.161 e. The fraction of sp³-hybridized carbons (Fsp3) is 0.600. The van der Waals surface area contributed by atoms with Crippen molar-refractivity contribution < 1.29 is 14.2 Å². The minimum atomic E-state index is 0.345. The summed E-state index contributed by atoms with van der Waals surface area (Å²) in [4.78, 5) is 0. The second kappa shape index (κ2) is 8.02. The van der Waals surface area contributed by atoms with Crippen LogP contribution in [0, 0.1) is 5.92 Å². The lowest BCUT2D eigenvalue weighted by Gasteiger charge is -2.21. The van der Waals surface area contributed by atoms with Gasteiger partial charge in [0.25, 0.3) is 0 Å². The van der Waals surface area contributed by atoms with Crippen LogP contribution in [-0.4, -0.2) is 34.0 Å². The third-order valence-corrected chi connectivity index (χ3v) is 3.17. The van der Waals surface area contributed by atoms with E-state index in [4.69, 9.17) is 14.2 Å². The molecule has 0 aliphatic carbocycles. The van der Waals surface area contributed by atoms with Crippen molar-refractivity contribution in [1.29, 1.82) is 0 Å². The summed E-state index contributed by atoms with van der Waals surface area (Å²) in [6.07, 6.45) is 0. The minimum absolute atomic E-state index is 0.345. The Morgan fingerprint density at radius 3 is 2.26 bits per heavy atom. The third-order valence-electron chi connectivity index (χ3n) is 3.17. The molecule has 0 saturated heterocycles. The van der Waals surface area contributed by atoms with Crippen LogP contribution < -0.4 is 14.8 Å². The van der Waals surface area contributed by atoms with Gasteiger partial charge in [0.15, 0.2) is 11.5 Å². The summed E-state index contributed by atoms with van der Waals surface area (Å²) in [5, 5.41) is 3.50. The summed E-state index contributed by atoms with van der Waals surface area (Å²) < 4.78 is 15.8. The average molecular weight is 267 g/mol. The lowest BCUT2D eigenvalue weighted by molar-refractivity contribution is 0.146. The number of rotatable bonds is 8. The monoisotopic (exact) mass is 267 g/mol. The highest BCUT2D eigenvalue weighted by Gasteiger charge is 2.12. The third kappa shape index (κ3) is 4.73. The van der Waals surface area contributed by atoms with Gasteiger partial charge in [-0.2, -0.15) is 0 Å². The SMILES string of the molecule is COCC(NCc1ccc(OC)c(OC)c1)C(C)C. The first kappa shape index (κ1) is 15.8. The van der Waals surface area contributed by atoms with Crippen LogP contribution in [0.1, 0.15) is 19.4 Å². The molecule has 0 aliphatic heterocycles. The maximum atomic E-state index is 5.30. The number of nitrogens with one attached hydrogen (secondary N) is 1. The zero-order chi connectivity index (χ0) is 14.3. The first-order valence-corrected chi connectivity index (χ1v) is 6.55. The molecule has 1 N–H and O–H groups in total. The molecular weight excluding hydrogens is 242 g/mol. The van der Waals surface area contributed by atoms with Crippen LogP contribution in [0.4, 0.5) is 0 Å². The standard InChI is InChI=1S/C15H25NO3/c1-11(2)13(10-17-3)16-9-12-6-7-14(18-4)15(8-12)19-5/h6-8,11,13,16H,9-10H2,1-5H3. The molecule has 0 spiro atoms. The van der Waals surface area contributed by atoms with Gasteiger partial charge in [-0.15, -0.1) is 0 Å². The van der Waals surface area contributed by atoms with E-state index in [9.17, 15) is 0 Å². The number of ether oxygens (including phenoxy) is 3. The Hall–Kier alpha value is -1.26. The minimum Gasteiger partial charge on any atom is -0.493 e. The van der Waals surface area contributed by atoms with Gasteiger partial charge in [-0.1, -0.05) is 19.9 Å². The molecule has 0 radical (unpaired) electrons. The Bertz CT molecular complexity index is 380. The Labute approximate surface area is 116 Å². The van der Waals surface area contributed by atoms with Crippen LogP contribution in [0.2, 0.25) is 0 Å². The van der Waals surface area contributed by atoms with Gasteiger partial charge in [-0.3, -0.25) is 0 Å². The number of methoxy groups -OCH3 is 3. The Morgan fingerprint density at radius 1 is 1.05 bits per heavy atom. The highest BCUT2D eigenvalue weighted by Crippen LogP contribution is 2.27. The second-order valence-corrected chi connectivity index (χ2v) is 4.88. The van der Waals surface area contributed by atoms with Crippen molar-refractivity contribution in [2.24, 2.45) is 5.92 Å². The Kier molecular flexibility index (Phi) is 6.67. The molecular formula is C15H25NO3. The van der Waals surface area contributed by atoms with Crippen molar-refractivity contribution in [2.75, 3.05) is 27.9 Å². The number of benzene rings is 1. The van der Waals surface area contributed by atoms with Crippen molar-refractivity contribution in [1.82, 2.24) is 5.32 Å². The van der Waals surface area contributed by atoms with Gasteiger partial charge in [-0.05, 0) is 23.6 Å². The van der Waals surface area contributed by atoms with E-state index in [-0.39, 0.29) is 0 Å². The van der Waals surface area contributed by atoms with Gasteiger partial charge in [0, 0.05) is 19.7 Å². The van der Waals surface area contributed by atoms with E-state index in [0.717, 1.165) is 18.0 Å². The predicted molar refractivity (Wildman–Crippen MR) is 76.9 cm³/mol. The van der Waals surface area contributed by atoms with Crippen molar-refractivity contribution >= 4 is 0 Å². The number of hydrogen-bond donors (Lipinski definition) is 1. The van der Waals surface area contributed by atoms with Crippen LogP contribution in [0.5, 0.6) is 11.5 Å². The molecule has 0 saturated carbocycles. The lowest BCUT2D eigenvalue weighted by atomic mass is 10.0. The van der Waals surface area contributed by atoms with E-state index in [1.54, 1.807) is 21.3 Å². The molecule has 0 aliphatic rings. The van der Waals surface area contributed by atoms with Crippen LogP contribution in [0.25, 0.3) is 0 Å². The molecule has 108 valence electrons. The van der Waals surface area contributed by atoms with E-state index in [1.807, 2.05) is 18.2 Å². The van der Waals surface area contributed by atoms with Gasteiger partial charge in [0.2, 0.25) is 0 Å². The molecule has 0 fully saturated rings. The van der Waals surface area contributed by atoms with Crippen LogP contribution in [-0.2, 0) is 11.3 Å². The summed E-state index contributed by atoms with van der Waals surface area (Å²) in [6.45, 7) is 5.87. The average Bonchev–Trinajstić information content (AvgIpc) is 2.42. The molecule has 1 atom stereocenters. The highest BCUT2D eigenvalue weighted by molar-refractivity contribution is 5.42. The van der Waals surface area contributed by atoms with Gasteiger partial charge in [0.1, 0.15) is 0 Å². The molecule has 0 heterocycles. The van der Waals surface area contributed by atoms with Crippen molar-refractivity contribution in [3.05, 3.63) is 23.8 Å². The highest BCUT2D eigenvalue weighted by atomic mass is 16.5. The second-order valence-electron chi connectivity index (χ2n) is 4.88. The molecule has 1 rings (SSSR count). The van der Waals surface area contributed by atoms with Gasteiger partial charge < -0.3 is 19.5 Å². The summed E-state index contributed by atoms with van der Waals surface area (Å²) in [5.41, 5.74) is 1.17. The lowest BCUT2D eigenvalue weighted by Crippen LogP contribution is -2.37. The first-order chi connectivity index (χ1) is 9.12. The molecule has 4 nitrogen and oxygen atoms in total. The van der Waals surface area contributed by atoms with Crippen LogP contribution in [0.15, 0.2) is 18.2 Å². The quantitative estimate of drug-likeness (QED) is 0.785.